The second-order valence-corrected chi connectivity index (χ2v) is 11.6. The van der Waals surface area contributed by atoms with Crippen LogP contribution in [0.1, 0.15) is 38.9 Å². The van der Waals surface area contributed by atoms with Gasteiger partial charge in [0.2, 0.25) is 0 Å². The molecule has 0 aliphatic carbocycles. The fourth-order valence-electron chi connectivity index (χ4n) is 1.80. The number of aliphatic hydroxyl groups excluding tert-OH is 1. The number of hydrogen-bond donors (Lipinski definition) is 1. The Morgan fingerprint density at radius 2 is 1.80 bits per heavy atom. The lowest BCUT2D eigenvalue weighted by Crippen LogP contribution is -2.43. The van der Waals surface area contributed by atoms with E-state index in [0.29, 0.717) is 6.42 Å². The molecule has 0 spiro atoms. The normalized spacial score (nSPS) is 15.7. The van der Waals surface area contributed by atoms with Crippen molar-refractivity contribution in [2.45, 2.75) is 57.5 Å². The molecule has 112 valence electrons. The first-order valence-corrected chi connectivity index (χ1v) is 10.1. The van der Waals surface area contributed by atoms with E-state index < -0.39 is 14.4 Å². The van der Waals surface area contributed by atoms with Gasteiger partial charge >= 0.3 is 0 Å². The number of aliphatic hydroxyl groups is 1. The van der Waals surface area contributed by atoms with Crippen molar-refractivity contribution < 1.29 is 9.53 Å². The summed E-state index contributed by atoms with van der Waals surface area (Å²) in [6.45, 7) is 14.8. The molecule has 0 heterocycles. The average Bonchev–Trinajstić information content (AvgIpc) is 2.36. The van der Waals surface area contributed by atoms with E-state index in [1.54, 1.807) is 6.08 Å². The standard InChI is InChI=1S/C17H28O2Si/c1-7-11-15(18)16(14-12-9-8-10-13-14)19-20(5,6)17(2,3)4/h7-10,12-13,15-16,18H,1,11H2,2-6H3/t15-,16-/m1/s1. The Bertz CT molecular complexity index is 420. The maximum Gasteiger partial charge on any atom is 0.193 e. The lowest BCUT2D eigenvalue weighted by atomic mass is 10.0. The van der Waals surface area contributed by atoms with Gasteiger partial charge in [0.1, 0.15) is 0 Å². The molecule has 0 fully saturated rings. The molecule has 2 atom stereocenters. The van der Waals surface area contributed by atoms with Crippen LogP contribution in [0.3, 0.4) is 0 Å². The zero-order chi connectivity index (χ0) is 15.4. The fourth-order valence-corrected chi connectivity index (χ4v) is 3.08. The lowest BCUT2D eigenvalue weighted by Gasteiger charge is -2.40. The van der Waals surface area contributed by atoms with Crippen LogP contribution in [0.25, 0.3) is 0 Å². The van der Waals surface area contributed by atoms with Gasteiger partial charge in [0.05, 0.1) is 12.2 Å². The van der Waals surface area contributed by atoms with Crippen LogP contribution >= 0.6 is 0 Å². The summed E-state index contributed by atoms with van der Waals surface area (Å²) in [5, 5.41) is 10.5. The smallest absolute Gasteiger partial charge is 0.193 e. The number of hydrogen-bond acceptors (Lipinski definition) is 2. The minimum absolute atomic E-state index is 0.119. The zero-order valence-corrected chi connectivity index (χ0v) is 14.4. The third-order valence-corrected chi connectivity index (χ3v) is 8.57. The van der Waals surface area contributed by atoms with E-state index in [4.69, 9.17) is 4.43 Å². The molecule has 0 amide bonds. The van der Waals surface area contributed by atoms with Crippen molar-refractivity contribution in [3.8, 4) is 0 Å². The van der Waals surface area contributed by atoms with Gasteiger partial charge in [0.25, 0.3) is 0 Å². The quantitative estimate of drug-likeness (QED) is 0.609. The molecule has 3 heteroatoms. The molecule has 0 aliphatic rings. The third kappa shape index (κ3) is 4.30. The molecule has 20 heavy (non-hydrogen) atoms. The highest BCUT2D eigenvalue weighted by molar-refractivity contribution is 6.74. The average molecular weight is 292 g/mol. The third-order valence-electron chi connectivity index (χ3n) is 4.11. The van der Waals surface area contributed by atoms with Gasteiger partial charge in [-0.2, -0.15) is 0 Å². The molecule has 0 radical (unpaired) electrons. The molecule has 2 nitrogen and oxygen atoms in total. The molecule has 0 aliphatic heterocycles. The Balaban J connectivity index is 3.04. The van der Waals surface area contributed by atoms with E-state index in [-0.39, 0.29) is 11.1 Å². The van der Waals surface area contributed by atoms with E-state index in [9.17, 15) is 5.11 Å². The SMILES string of the molecule is C=CC[C@@H](O)[C@H](O[Si](C)(C)C(C)(C)C)c1ccccc1. The van der Waals surface area contributed by atoms with Crippen LogP contribution in [0, 0.1) is 0 Å². The molecule has 0 saturated heterocycles. The molecule has 1 N–H and O–H groups in total. The van der Waals surface area contributed by atoms with E-state index >= 15 is 0 Å². The first-order valence-electron chi connectivity index (χ1n) is 7.21. The maximum absolute atomic E-state index is 10.4. The summed E-state index contributed by atoms with van der Waals surface area (Å²) in [7, 11) is -1.94. The summed E-state index contributed by atoms with van der Waals surface area (Å²) < 4.78 is 6.44. The van der Waals surface area contributed by atoms with Crippen LogP contribution in [0.5, 0.6) is 0 Å². The van der Waals surface area contributed by atoms with Gasteiger partial charge in [-0.15, -0.1) is 6.58 Å². The van der Waals surface area contributed by atoms with E-state index in [2.05, 4.69) is 40.4 Å². The number of benzene rings is 1. The highest BCUT2D eigenvalue weighted by Crippen LogP contribution is 2.40. The van der Waals surface area contributed by atoms with E-state index in [1.807, 2.05) is 30.3 Å². The Kier molecular flexibility index (Phi) is 5.75. The van der Waals surface area contributed by atoms with Crippen LogP contribution < -0.4 is 0 Å². The molecule has 0 bridgehead atoms. The Morgan fingerprint density at radius 1 is 1.25 bits per heavy atom. The maximum atomic E-state index is 10.4. The monoisotopic (exact) mass is 292 g/mol. The molecule has 1 aromatic carbocycles. The summed E-state index contributed by atoms with van der Waals surface area (Å²) in [5.74, 6) is 0. The van der Waals surface area contributed by atoms with Crippen molar-refractivity contribution in [3.05, 3.63) is 48.6 Å². The van der Waals surface area contributed by atoms with Crippen molar-refractivity contribution in [2.75, 3.05) is 0 Å². The molecular formula is C17H28O2Si. The first kappa shape index (κ1) is 17.1. The van der Waals surface area contributed by atoms with Gasteiger partial charge in [-0.25, -0.2) is 0 Å². The van der Waals surface area contributed by atoms with Crippen molar-refractivity contribution in [3.63, 3.8) is 0 Å². The second-order valence-electron chi connectivity index (χ2n) is 6.80. The number of rotatable bonds is 6. The molecule has 0 saturated carbocycles. The van der Waals surface area contributed by atoms with Crippen molar-refractivity contribution in [1.82, 2.24) is 0 Å². The van der Waals surface area contributed by atoms with E-state index in [1.165, 1.54) is 0 Å². The summed E-state index contributed by atoms with van der Waals surface area (Å²) in [5.41, 5.74) is 1.03. The van der Waals surface area contributed by atoms with Gasteiger partial charge in [-0.1, -0.05) is 57.2 Å². The predicted octanol–water partition coefficient (Wildman–Crippen LogP) is 4.69. The molecule has 1 aromatic rings. The van der Waals surface area contributed by atoms with Crippen LogP contribution in [0.15, 0.2) is 43.0 Å². The lowest BCUT2D eigenvalue weighted by molar-refractivity contribution is 0.0286. The van der Waals surface area contributed by atoms with Crippen LogP contribution in [-0.2, 0) is 4.43 Å². The van der Waals surface area contributed by atoms with Crippen molar-refractivity contribution in [1.29, 1.82) is 0 Å². The van der Waals surface area contributed by atoms with Gasteiger partial charge in [0, 0.05) is 0 Å². The van der Waals surface area contributed by atoms with E-state index in [0.717, 1.165) is 5.56 Å². The Hall–Kier alpha value is -0.903. The highest BCUT2D eigenvalue weighted by Gasteiger charge is 2.40. The second kappa shape index (κ2) is 6.70. The first-order chi connectivity index (χ1) is 9.19. The summed E-state index contributed by atoms with van der Waals surface area (Å²) >= 11 is 0. The minimum Gasteiger partial charge on any atom is -0.407 e. The predicted molar refractivity (Wildman–Crippen MR) is 88.3 cm³/mol. The highest BCUT2D eigenvalue weighted by atomic mass is 28.4. The summed E-state index contributed by atoms with van der Waals surface area (Å²) in [4.78, 5) is 0. The minimum atomic E-state index is -1.94. The molecule has 1 rings (SSSR count). The molecule has 0 aromatic heterocycles. The van der Waals surface area contributed by atoms with Crippen LogP contribution in [0.2, 0.25) is 18.1 Å². The summed E-state index contributed by atoms with van der Waals surface area (Å²) in [6.07, 6.45) is 1.45. The van der Waals surface area contributed by atoms with Crippen molar-refractivity contribution >= 4 is 8.32 Å². The largest absolute Gasteiger partial charge is 0.407 e. The topological polar surface area (TPSA) is 29.5 Å². The molecular weight excluding hydrogens is 264 g/mol. The van der Waals surface area contributed by atoms with Crippen LogP contribution in [-0.4, -0.2) is 19.5 Å². The van der Waals surface area contributed by atoms with Crippen LogP contribution in [0.4, 0.5) is 0 Å². The van der Waals surface area contributed by atoms with Gasteiger partial charge in [0.15, 0.2) is 8.32 Å². The summed E-state index contributed by atoms with van der Waals surface area (Å²) in [6, 6.07) is 9.98. The van der Waals surface area contributed by atoms with Crippen molar-refractivity contribution in [2.24, 2.45) is 0 Å². The van der Waals surface area contributed by atoms with Gasteiger partial charge in [-0.05, 0) is 30.1 Å². The van der Waals surface area contributed by atoms with Gasteiger partial charge < -0.3 is 9.53 Å². The Morgan fingerprint density at radius 3 is 2.25 bits per heavy atom. The molecule has 0 unspecified atom stereocenters. The fraction of sp³-hybridized carbons (Fsp3) is 0.529. The van der Waals surface area contributed by atoms with Gasteiger partial charge in [-0.3, -0.25) is 0 Å². The Labute approximate surface area is 124 Å². The zero-order valence-electron chi connectivity index (χ0n) is 13.4.